The van der Waals surface area contributed by atoms with E-state index in [1.807, 2.05) is 0 Å². The van der Waals surface area contributed by atoms with E-state index >= 15 is 0 Å². The lowest BCUT2D eigenvalue weighted by Crippen LogP contribution is -2.33. The van der Waals surface area contributed by atoms with Crippen LogP contribution < -0.4 is 4.90 Å². The molecule has 266 valence electrons. The molecule has 2 heteroatoms. The number of para-hydroxylation sites is 4. The van der Waals surface area contributed by atoms with Crippen molar-refractivity contribution in [1.82, 2.24) is 4.57 Å². The number of fused-ring (bicyclic) bond motifs is 12. The van der Waals surface area contributed by atoms with Crippen molar-refractivity contribution in [2.75, 3.05) is 4.90 Å². The topological polar surface area (TPSA) is 8.17 Å². The molecule has 0 saturated carbocycles. The third-order valence-corrected chi connectivity index (χ3v) is 12.4. The van der Waals surface area contributed by atoms with Crippen LogP contribution in [0.25, 0.3) is 60.9 Å². The fraction of sp³-hybridized carbons (Fsp3) is 0.0182. The van der Waals surface area contributed by atoms with E-state index in [2.05, 4.69) is 228 Å². The summed E-state index contributed by atoms with van der Waals surface area (Å²) in [7, 11) is 0. The van der Waals surface area contributed by atoms with Gasteiger partial charge in [0.15, 0.2) is 0 Å². The van der Waals surface area contributed by atoms with Gasteiger partial charge in [0.2, 0.25) is 0 Å². The highest BCUT2D eigenvalue weighted by atomic mass is 15.1. The standard InChI is InChI=1S/C55H36N2/c1-3-16-37(17-4-1)38-30-32-39(33-31-38)42-20-9-13-28-51(42)56(40-18-5-2-6-19-40)41-34-35-52-46(36-41)45-23-15-27-50-54(45)57(52)53-29-14-12-26-49(53)55(50)47-24-10-7-21-43(47)44-22-8-11-25-48(44)55/h1-36H. The van der Waals surface area contributed by atoms with E-state index in [-0.39, 0.29) is 0 Å². The van der Waals surface area contributed by atoms with Gasteiger partial charge in [0.1, 0.15) is 0 Å². The number of hydrogen-bond acceptors (Lipinski definition) is 1. The minimum absolute atomic E-state index is 0.429. The van der Waals surface area contributed by atoms with Gasteiger partial charge in [0.25, 0.3) is 0 Å². The SMILES string of the molecule is c1ccc(-c2ccc(-c3ccccc3N(c3ccccc3)c3ccc4c(c3)c3cccc5c3n4-c3ccccc3C53c4ccccc4-c4ccccc43)cc2)cc1. The Morgan fingerprint density at radius 3 is 1.65 bits per heavy atom. The zero-order chi connectivity index (χ0) is 37.5. The first kappa shape index (κ1) is 31.9. The van der Waals surface area contributed by atoms with Gasteiger partial charge in [-0.3, -0.25) is 0 Å². The van der Waals surface area contributed by atoms with Gasteiger partial charge >= 0.3 is 0 Å². The second kappa shape index (κ2) is 12.3. The van der Waals surface area contributed by atoms with Gasteiger partial charge in [-0.2, -0.15) is 0 Å². The summed E-state index contributed by atoms with van der Waals surface area (Å²) in [6, 6.07) is 80.4. The van der Waals surface area contributed by atoms with E-state index in [0.717, 1.165) is 17.1 Å². The maximum atomic E-state index is 2.53. The normalized spacial score (nSPS) is 13.1. The zero-order valence-corrected chi connectivity index (χ0v) is 31.2. The fourth-order valence-electron chi connectivity index (χ4n) is 10.1. The third kappa shape index (κ3) is 4.47. The van der Waals surface area contributed by atoms with Crippen LogP contribution in [0.2, 0.25) is 0 Å². The molecule has 12 rings (SSSR count). The maximum Gasteiger partial charge on any atom is 0.0754 e. The predicted octanol–water partition coefficient (Wildman–Crippen LogP) is 14.3. The maximum absolute atomic E-state index is 2.53. The second-order valence-corrected chi connectivity index (χ2v) is 15.2. The predicted molar refractivity (Wildman–Crippen MR) is 237 cm³/mol. The molecular weight excluding hydrogens is 689 g/mol. The van der Waals surface area contributed by atoms with Crippen molar-refractivity contribution in [2.24, 2.45) is 0 Å². The molecule has 1 spiro atoms. The molecule has 2 nitrogen and oxygen atoms in total. The van der Waals surface area contributed by atoms with Crippen LogP contribution in [-0.2, 0) is 5.41 Å². The minimum Gasteiger partial charge on any atom is -0.310 e. The van der Waals surface area contributed by atoms with Gasteiger partial charge in [-0.25, -0.2) is 0 Å². The van der Waals surface area contributed by atoms with Gasteiger partial charge in [-0.1, -0.05) is 176 Å². The highest BCUT2D eigenvalue weighted by Gasteiger charge is 2.50. The summed E-state index contributed by atoms with van der Waals surface area (Å²) >= 11 is 0. The molecule has 0 saturated heterocycles. The number of rotatable bonds is 5. The van der Waals surface area contributed by atoms with E-state index < -0.39 is 5.41 Å². The van der Waals surface area contributed by atoms with Crippen molar-refractivity contribution in [2.45, 2.75) is 5.41 Å². The first-order valence-electron chi connectivity index (χ1n) is 19.8. The molecule has 9 aromatic carbocycles. The van der Waals surface area contributed by atoms with Crippen LogP contribution in [0.5, 0.6) is 0 Å². The van der Waals surface area contributed by atoms with Gasteiger partial charge in [0.05, 0.1) is 27.8 Å². The molecule has 0 amide bonds. The molecule has 0 unspecified atom stereocenters. The molecule has 57 heavy (non-hydrogen) atoms. The van der Waals surface area contributed by atoms with Crippen LogP contribution in [-0.4, -0.2) is 4.57 Å². The average Bonchev–Trinajstić information content (AvgIpc) is 3.78. The van der Waals surface area contributed by atoms with Crippen LogP contribution in [0.4, 0.5) is 17.1 Å². The Labute approximate surface area is 332 Å². The van der Waals surface area contributed by atoms with E-state index in [9.17, 15) is 0 Å². The lowest BCUT2D eigenvalue weighted by Gasteiger charge is -2.39. The smallest absolute Gasteiger partial charge is 0.0754 e. The Morgan fingerprint density at radius 1 is 0.351 bits per heavy atom. The Hall–Kier alpha value is -7.42. The number of hydrogen-bond donors (Lipinski definition) is 0. The van der Waals surface area contributed by atoms with Crippen molar-refractivity contribution in [3.63, 3.8) is 0 Å². The molecule has 1 aliphatic heterocycles. The fourth-order valence-corrected chi connectivity index (χ4v) is 10.1. The molecule has 2 heterocycles. The first-order valence-corrected chi connectivity index (χ1v) is 19.8. The van der Waals surface area contributed by atoms with Crippen LogP contribution in [0, 0.1) is 0 Å². The Bertz CT molecular complexity index is 3130. The summed E-state index contributed by atoms with van der Waals surface area (Å²) in [6.45, 7) is 0. The third-order valence-electron chi connectivity index (χ3n) is 12.4. The van der Waals surface area contributed by atoms with Crippen LogP contribution in [0.1, 0.15) is 22.3 Å². The number of anilines is 3. The lowest BCUT2D eigenvalue weighted by atomic mass is 9.65. The van der Waals surface area contributed by atoms with Gasteiger partial charge in [-0.15, -0.1) is 0 Å². The van der Waals surface area contributed by atoms with E-state index in [1.54, 1.807) is 0 Å². The van der Waals surface area contributed by atoms with Crippen LogP contribution in [0.15, 0.2) is 218 Å². The quantitative estimate of drug-likeness (QED) is 0.172. The van der Waals surface area contributed by atoms with Crippen LogP contribution >= 0.6 is 0 Å². The summed E-state index contributed by atoms with van der Waals surface area (Å²) in [5.74, 6) is 0. The Kier molecular flexibility index (Phi) is 6.88. The zero-order valence-electron chi connectivity index (χ0n) is 31.2. The lowest BCUT2D eigenvalue weighted by molar-refractivity contribution is 0.748. The number of aromatic nitrogens is 1. The molecule has 0 bridgehead atoms. The number of nitrogens with zero attached hydrogens (tertiary/aromatic N) is 2. The van der Waals surface area contributed by atoms with E-state index in [1.165, 1.54) is 83.1 Å². The van der Waals surface area contributed by atoms with Crippen molar-refractivity contribution >= 4 is 38.9 Å². The van der Waals surface area contributed by atoms with Crippen molar-refractivity contribution in [1.29, 1.82) is 0 Å². The molecule has 0 N–H and O–H groups in total. The minimum atomic E-state index is -0.429. The molecule has 0 atom stereocenters. The average molecular weight is 725 g/mol. The summed E-state index contributed by atoms with van der Waals surface area (Å²) < 4.78 is 2.53. The molecule has 1 aromatic heterocycles. The largest absolute Gasteiger partial charge is 0.310 e. The number of benzene rings is 9. The molecule has 2 aliphatic rings. The van der Waals surface area contributed by atoms with Crippen LogP contribution in [0.3, 0.4) is 0 Å². The van der Waals surface area contributed by atoms with E-state index in [0.29, 0.717) is 0 Å². The molecule has 0 fully saturated rings. The highest BCUT2D eigenvalue weighted by molar-refractivity contribution is 6.14. The van der Waals surface area contributed by atoms with Gasteiger partial charge in [-0.05, 0) is 92.5 Å². The molecule has 10 aromatic rings. The van der Waals surface area contributed by atoms with Gasteiger partial charge in [0, 0.05) is 27.7 Å². The van der Waals surface area contributed by atoms with Crippen molar-refractivity contribution in [3.05, 3.63) is 241 Å². The molecule has 1 aliphatic carbocycles. The Morgan fingerprint density at radius 2 is 0.912 bits per heavy atom. The van der Waals surface area contributed by atoms with Gasteiger partial charge < -0.3 is 9.47 Å². The highest BCUT2D eigenvalue weighted by Crippen LogP contribution is 2.61. The molecular formula is C55H36N2. The Balaban J connectivity index is 1.09. The van der Waals surface area contributed by atoms with Crippen molar-refractivity contribution < 1.29 is 0 Å². The summed E-state index contributed by atoms with van der Waals surface area (Å²) in [5, 5.41) is 2.50. The second-order valence-electron chi connectivity index (χ2n) is 15.2. The first-order chi connectivity index (χ1) is 28.3. The monoisotopic (exact) mass is 724 g/mol. The summed E-state index contributed by atoms with van der Waals surface area (Å²) in [6.07, 6.45) is 0. The summed E-state index contributed by atoms with van der Waals surface area (Å²) in [5.41, 5.74) is 19.4. The summed E-state index contributed by atoms with van der Waals surface area (Å²) in [4.78, 5) is 2.42. The van der Waals surface area contributed by atoms with Crippen molar-refractivity contribution in [3.8, 4) is 39.1 Å². The van der Waals surface area contributed by atoms with E-state index in [4.69, 9.17) is 0 Å². The molecule has 0 radical (unpaired) electrons.